The summed E-state index contributed by atoms with van der Waals surface area (Å²) in [5, 5.41) is 3.45. The molecule has 6 nitrogen and oxygen atoms in total. The first-order chi connectivity index (χ1) is 16.8. The number of nitrogens with one attached hydrogen (secondary N) is 1. The first-order valence-corrected chi connectivity index (χ1v) is 13.9. The van der Waals surface area contributed by atoms with E-state index in [0.29, 0.717) is 35.4 Å². The van der Waals surface area contributed by atoms with Gasteiger partial charge >= 0.3 is 0 Å². The summed E-state index contributed by atoms with van der Waals surface area (Å²) < 4.78 is 46.4. The lowest BCUT2D eigenvalue weighted by atomic mass is 10.2. The van der Waals surface area contributed by atoms with Crippen LogP contribution in [0.15, 0.2) is 77.7 Å². The van der Waals surface area contributed by atoms with E-state index in [9.17, 15) is 17.6 Å². The first kappa shape index (κ1) is 26.8. The molecule has 3 rings (SSSR count). The molecule has 0 aromatic heterocycles. The van der Waals surface area contributed by atoms with Crippen molar-refractivity contribution in [2.24, 2.45) is 0 Å². The van der Waals surface area contributed by atoms with Gasteiger partial charge in [-0.1, -0.05) is 23.7 Å². The minimum atomic E-state index is -4.12. The average molecular weight is 537 g/mol. The number of carbonyl (C=O) groups is 1. The molecule has 186 valence electrons. The van der Waals surface area contributed by atoms with Crippen molar-refractivity contribution < 1.29 is 22.3 Å². The van der Waals surface area contributed by atoms with E-state index in [1.807, 2.05) is 31.2 Å². The Morgan fingerprint density at radius 2 is 1.69 bits per heavy atom. The highest BCUT2D eigenvalue weighted by Gasteiger charge is 2.27. The summed E-state index contributed by atoms with van der Waals surface area (Å²) in [5.74, 6) is 1.01. The third kappa shape index (κ3) is 7.88. The number of nitrogens with zero attached hydrogens (tertiary/aromatic N) is 1. The van der Waals surface area contributed by atoms with Crippen LogP contribution in [-0.2, 0) is 20.6 Å². The fourth-order valence-corrected chi connectivity index (χ4v) is 5.51. The third-order valence-electron chi connectivity index (χ3n) is 4.88. The number of ether oxygens (including phenoxy) is 1. The number of benzene rings is 3. The van der Waals surface area contributed by atoms with Crippen LogP contribution in [0.1, 0.15) is 12.5 Å². The zero-order chi connectivity index (χ0) is 25.3. The molecule has 0 saturated carbocycles. The molecule has 0 radical (unpaired) electrons. The molecule has 3 aromatic rings. The van der Waals surface area contributed by atoms with Crippen molar-refractivity contribution >= 4 is 45.0 Å². The number of sulfonamides is 1. The van der Waals surface area contributed by atoms with Gasteiger partial charge in [0.05, 0.1) is 17.2 Å². The highest BCUT2D eigenvalue weighted by Crippen LogP contribution is 2.26. The van der Waals surface area contributed by atoms with Crippen molar-refractivity contribution in [3.05, 3.63) is 89.2 Å². The van der Waals surface area contributed by atoms with Crippen LogP contribution in [0.2, 0.25) is 5.02 Å². The van der Waals surface area contributed by atoms with Crippen LogP contribution in [-0.4, -0.2) is 39.8 Å². The van der Waals surface area contributed by atoms with Gasteiger partial charge in [-0.3, -0.25) is 9.10 Å². The zero-order valence-corrected chi connectivity index (χ0v) is 21.5. The number of amides is 1. The summed E-state index contributed by atoms with van der Waals surface area (Å²) >= 11 is 7.53. The smallest absolute Gasteiger partial charge is 0.264 e. The number of anilines is 1. The Hall–Kier alpha value is -2.75. The number of hydrogen-bond acceptors (Lipinski definition) is 5. The number of hydrogen-bond donors (Lipinski definition) is 1. The van der Waals surface area contributed by atoms with Crippen molar-refractivity contribution in [3.63, 3.8) is 0 Å². The molecule has 1 N–H and O–H groups in total. The van der Waals surface area contributed by atoms with E-state index in [0.717, 1.165) is 27.8 Å². The summed E-state index contributed by atoms with van der Waals surface area (Å²) in [4.78, 5) is 12.6. The highest BCUT2D eigenvalue weighted by atomic mass is 35.5. The average Bonchev–Trinajstić information content (AvgIpc) is 2.84. The van der Waals surface area contributed by atoms with Crippen LogP contribution < -0.4 is 14.4 Å². The summed E-state index contributed by atoms with van der Waals surface area (Å²) in [6.07, 6.45) is 0. The molecule has 0 aliphatic heterocycles. The Labute approximate surface area is 214 Å². The molecule has 0 bridgehead atoms. The fraction of sp³-hybridized carbons (Fsp3) is 0.240. The lowest BCUT2D eigenvalue weighted by molar-refractivity contribution is -0.119. The van der Waals surface area contributed by atoms with Crippen molar-refractivity contribution in [2.75, 3.05) is 29.8 Å². The van der Waals surface area contributed by atoms with E-state index in [1.54, 1.807) is 36.0 Å². The second-order valence-electron chi connectivity index (χ2n) is 7.42. The monoisotopic (exact) mass is 536 g/mol. The molecule has 0 aliphatic carbocycles. The number of halogens is 2. The van der Waals surface area contributed by atoms with Gasteiger partial charge in [-0.25, -0.2) is 12.8 Å². The van der Waals surface area contributed by atoms with Gasteiger partial charge in [0.25, 0.3) is 10.0 Å². The lowest BCUT2D eigenvalue weighted by Gasteiger charge is -2.24. The minimum Gasteiger partial charge on any atom is -0.494 e. The van der Waals surface area contributed by atoms with Crippen LogP contribution in [0.5, 0.6) is 5.75 Å². The van der Waals surface area contributed by atoms with E-state index in [-0.39, 0.29) is 4.90 Å². The molecule has 35 heavy (non-hydrogen) atoms. The van der Waals surface area contributed by atoms with Crippen molar-refractivity contribution in [3.8, 4) is 5.75 Å². The second kappa shape index (κ2) is 12.8. The predicted octanol–water partition coefficient (Wildman–Crippen LogP) is 5.12. The molecule has 0 atom stereocenters. The predicted molar refractivity (Wildman–Crippen MR) is 139 cm³/mol. The van der Waals surface area contributed by atoms with E-state index in [2.05, 4.69) is 5.32 Å². The molecule has 0 fully saturated rings. The topological polar surface area (TPSA) is 75.7 Å². The molecular weight excluding hydrogens is 511 g/mol. The second-order valence-corrected chi connectivity index (χ2v) is 10.8. The molecule has 0 heterocycles. The Balaban J connectivity index is 1.66. The summed E-state index contributed by atoms with van der Waals surface area (Å²) in [6, 6.07) is 18.5. The summed E-state index contributed by atoms with van der Waals surface area (Å²) in [5.41, 5.74) is 1.42. The molecular formula is C25H26ClFN2O4S2. The number of carbonyl (C=O) groups excluding carboxylic acids is 1. The molecule has 0 saturated heterocycles. The van der Waals surface area contributed by atoms with Gasteiger partial charge < -0.3 is 10.1 Å². The van der Waals surface area contributed by atoms with Crippen LogP contribution in [0.25, 0.3) is 0 Å². The highest BCUT2D eigenvalue weighted by molar-refractivity contribution is 7.98. The maximum Gasteiger partial charge on any atom is 0.264 e. The maximum atomic E-state index is 13.4. The number of thioether (sulfide) groups is 1. The van der Waals surface area contributed by atoms with Crippen molar-refractivity contribution in [1.29, 1.82) is 0 Å². The Morgan fingerprint density at radius 3 is 2.31 bits per heavy atom. The van der Waals surface area contributed by atoms with Gasteiger partial charge in [-0.2, -0.15) is 11.8 Å². The number of rotatable bonds is 12. The van der Waals surface area contributed by atoms with Crippen molar-refractivity contribution in [1.82, 2.24) is 5.32 Å². The van der Waals surface area contributed by atoms with Gasteiger partial charge in [0, 0.05) is 23.1 Å². The van der Waals surface area contributed by atoms with Gasteiger partial charge in [-0.15, -0.1) is 0 Å². The van der Waals surface area contributed by atoms with E-state index in [1.165, 1.54) is 12.1 Å². The quantitative estimate of drug-likeness (QED) is 0.325. The van der Waals surface area contributed by atoms with E-state index in [4.69, 9.17) is 16.3 Å². The molecule has 0 aliphatic rings. The Bertz CT molecular complexity index is 1210. The fourth-order valence-electron chi connectivity index (χ4n) is 3.14. The van der Waals surface area contributed by atoms with E-state index < -0.39 is 28.3 Å². The Morgan fingerprint density at radius 1 is 1.03 bits per heavy atom. The standard InChI is InChI=1S/C25H26ClFN2O4S2/c1-2-33-23-11-9-22(10-12-23)29(35(31,32)24-13-7-21(27)8-14-24)17-25(30)28-15-16-34-18-19-3-5-20(26)6-4-19/h3-14H,2,15-18H2,1H3,(H,28,30). The van der Waals surface area contributed by atoms with Gasteiger partial charge in [0.2, 0.25) is 5.91 Å². The Kier molecular flexibility index (Phi) is 9.83. The largest absolute Gasteiger partial charge is 0.494 e. The zero-order valence-electron chi connectivity index (χ0n) is 19.1. The molecule has 0 unspecified atom stereocenters. The normalized spacial score (nSPS) is 11.2. The van der Waals surface area contributed by atoms with Crippen LogP contribution >= 0.6 is 23.4 Å². The van der Waals surface area contributed by atoms with Gasteiger partial charge in [0.1, 0.15) is 18.1 Å². The van der Waals surface area contributed by atoms with Gasteiger partial charge in [0.15, 0.2) is 0 Å². The van der Waals surface area contributed by atoms with Gasteiger partial charge in [-0.05, 0) is 73.2 Å². The summed E-state index contributed by atoms with van der Waals surface area (Å²) in [6.45, 7) is 2.27. The summed E-state index contributed by atoms with van der Waals surface area (Å²) in [7, 11) is -4.12. The van der Waals surface area contributed by atoms with Crippen LogP contribution in [0.4, 0.5) is 10.1 Å². The van der Waals surface area contributed by atoms with Crippen LogP contribution in [0.3, 0.4) is 0 Å². The molecule has 10 heteroatoms. The SMILES string of the molecule is CCOc1ccc(N(CC(=O)NCCSCc2ccc(Cl)cc2)S(=O)(=O)c2ccc(F)cc2)cc1. The van der Waals surface area contributed by atoms with Crippen molar-refractivity contribution in [2.45, 2.75) is 17.6 Å². The van der Waals surface area contributed by atoms with Crippen LogP contribution in [0, 0.1) is 5.82 Å². The first-order valence-electron chi connectivity index (χ1n) is 10.9. The molecule has 1 amide bonds. The minimum absolute atomic E-state index is 0.112. The lowest BCUT2D eigenvalue weighted by Crippen LogP contribution is -2.41. The molecule has 3 aromatic carbocycles. The molecule has 0 spiro atoms. The third-order valence-corrected chi connectivity index (χ3v) is 7.95. The van der Waals surface area contributed by atoms with E-state index >= 15 is 0 Å². The maximum absolute atomic E-state index is 13.4.